The molecule has 0 spiro atoms. The molecule has 3 aromatic rings. The second-order valence-electron chi connectivity index (χ2n) is 6.31. The Morgan fingerprint density at radius 3 is 2.85 bits per heavy atom. The van der Waals surface area contributed by atoms with Gasteiger partial charge in [0.25, 0.3) is 0 Å². The molecule has 1 N–H and O–H groups in total. The van der Waals surface area contributed by atoms with Crippen LogP contribution in [0.2, 0.25) is 0 Å². The predicted molar refractivity (Wildman–Crippen MR) is 108 cm³/mol. The number of hydrogen-bond acceptors (Lipinski definition) is 5. The highest BCUT2D eigenvalue weighted by atomic mass is 32.1. The fourth-order valence-electron chi connectivity index (χ4n) is 2.93. The zero-order valence-corrected chi connectivity index (χ0v) is 16.8. The molecule has 0 aliphatic carbocycles. The largest absolute Gasteiger partial charge is 0.497 e. The number of amides is 1. The minimum absolute atomic E-state index is 0.0417. The molecule has 1 aromatic carbocycles. The standard InChI is InChI=1S/C20H25N3O3S/c1-4-5-6-9-21-19(24)10-14-13-27-20-22-17(12-23(14)20)16-11-15(25-2)7-8-18(16)26-3/h7-8,11-13H,4-6,9-10H2,1-3H3,(H,21,24). The molecule has 144 valence electrons. The monoisotopic (exact) mass is 387 g/mol. The van der Waals surface area contributed by atoms with Gasteiger partial charge < -0.3 is 14.8 Å². The molecule has 6 nitrogen and oxygen atoms in total. The first-order valence-corrected chi connectivity index (χ1v) is 9.98. The van der Waals surface area contributed by atoms with Crippen LogP contribution in [0.5, 0.6) is 11.5 Å². The van der Waals surface area contributed by atoms with Gasteiger partial charge in [0.1, 0.15) is 11.5 Å². The van der Waals surface area contributed by atoms with Crippen LogP contribution in [0.15, 0.2) is 29.8 Å². The van der Waals surface area contributed by atoms with Gasteiger partial charge in [0.05, 0.1) is 26.3 Å². The molecule has 7 heteroatoms. The first-order chi connectivity index (χ1) is 13.2. The minimum Gasteiger partial charge on any atom is -0.497 e. The SMILES string of the molecule is CCCCCNC(=O)Cc1csc2nc(-c3cc(OC)ccc3OC)cn12. The van der Waals surface area contributed by atoms with E-state index in [-0.39, 0.29) is 5.91 Å². The lowest BCUT2D eigenvalue weighted by Gasteiger charge is -2.08. The van der Waals surface area contributed by atoms with Gasteiger partial charge in [0, 0.05) is 29.4 Å². The van der Waals surface area contributed by atoms with Crippen LogP contribution in [0, 0.1) is 0 Å². The Labute approximate surface area is 163 Å². The van der Waals surface area contributed by atoms with Crippen LogP contribution < -0.4 is 14.8 Å². The molecule has 1 amide bonds. The molecular weight excluding hydrogens is 362 g/mol. The Hall–Kier alpha value is -2.54. The second-order valence-corrected chi connectivity index (χ2v) is 7.14. The highest BCUT2D eigenvalue weighted by Gasteiger charge is 2.15. The van der Waals surface area contributed by atoms with Crippen molar-refractivity contribution in [2.45, 2.75) is 32.6 Å². The Balaban J connectivity index is 1.80. The molecule has 0 aliphatic heterocycles. The molecule has 0 saturated carbocycles. The van der Waals surface area contributed by atoms with Crippen LogP contribution in [0.25, 0.3) is 16.2 Å². The average Bonchev–Trinajstić information content (AvgIpc) is 3.26. The van der Waals surface area contributed by atoms with Crippen molar-refractivity contribution in [1.29, 1.82) is 0 Å². The number of nitrogens with one attached hydrogen (secondary N) is 1. The van der Waals surface area contributed by atoms with Crippen LogP contribution in [0.1, 0.15) is 31.9 Å². The van der Waals surface area contributed by atoms with E-state index in [4.69, 9.17) is 14.5 Å². The topological polar surface area (TPSA) is 64.9 Å². The van der Waals surface area contributed by atoms with Gasteiger partial charge in [-0.1, -0.05) is 19.8 Å². The highest BCUT2D eigenvalue weighted by molar-refractivity contribution is 7.15. The lowest BCUT2D eigenvalue weighted by Crippen LogP contribution is -2.26. The summed E-state index contributed by atoms with van der Waals surface area (Å²) < 4.78 is 12.8. The van der Waals surface area contributed by atoms with E-state index in [2.05, 4.69) is 12.2 Å². The van der Waals surface area contributed by atoms with Gasteiger partial charge >= 0.3 is 0 Å². The van der Waals surface area contributed by atoms with Gasteiger partial charge in [0.2, 0.25) is 5.91 Å². The summed E-state index contributed by atoms with van der Waals surface area (Å²) in [5.41, 5.74) is 2.59. The molecule has 0 saturated heterocycles. The molecule has 27 heavy (non-hydrogen) atoms. The van der Waals surface area contributed by atoms with Crippen LogP contribution in [0.4, 0.5) is 0 Å². The molecule has 2 aromatic heterocycles. The fraction of sp³-hybridized carbons (Fsp3) is 0.400. The Bertz CT molecular complexity index is 916. The maximum atomic E-state index is 12.2. The normalized spacial score (nSPS) is 10.9. The van der Waals surface area contributed by atoms with Crippen LogP contribution in [-0.4, -0.2) is 36.1 Å². The van der Waals surface area contributed by atoms with Gasteiger partial charge in [-0.2, -0.15) is 0 Å². The first kappa shape index (κ1) is 19.2. The number of fused-ring (bicyclic) bond motifs is 1. The van der Waals surface area contributed by atoms with E-state index in [9.17, 15) is 4.79 Å². The number of hydrogen-bond donors (Lipinski definition) is 1. The highest BCUT2D eigenvalue weighted by Crippen LogP contribution is 2.34. The summed E-state index contributed by atoms with van der Waals surface area (Å²) in [5, 5.41) is 4.97. The van der Waals surface area contributed by atoms with E-state index in [1.54, 1.807) is 14.2 Å². The summed E-state index contributed by atoms with van der Waals surface area (Å²) in [6.45, 7) is 2.88. The summed E-state index contributed by atoms with van der Waals surface area (Å²) in [7, 11) is 3.27. The lowest BCUT2D eigenvalue weighted by atomic mass is 10.1. The third-order valence-electron chi connectivity index (χ3n) is 4.41. The van der Waals surface area contributed by atoms with Gasteiger partial charge in [-0.15, -0.1) is 11.3 Å². The summed E-state index contributed by atoms with van der Waals surface area (Å²) in [5.74, 6) is 1.52. The number of methoxy groups -OCH3 is 2. The smallest absolute Gasteiger partial charge is 0.225 e. The van der Waals surface area contributed by atoms with Gasteiger partial charge in [-0.25, -0.2) is 4.98 Å². The van der Waals surface area contributed by atoms with Gasteiger partial charge in [0.15, 0.2) is 4.96 Å². The molecular formula is C20H25N3O3S. The van der Waals surface area contributed by atoms with Crippen molar-refractivity contribution in [3.05, 3.63) is 35.5 Å². The minimum atomic E-state index is 0.0417. The number of benzene rings is 1. The Morgan fingerprint density at radius 1 is 1.26 bits per heavy atom. The summed E-state index contributed by atoms with van der Waals surface area (Å²) in [4.78, 5) is 17.7. The number of carbonyl (C=O) groups is 1. The van der Waals surface area contributed by atoms with Crippen molar-refractivity contribution >= 4 is 22.2 Å². The number of rotatable bonds is 9. The van der Waals surface area contributed by atoms with E-state index in [0.29, 0.717) is 6.42 Å². The number of aromatic nitrogens is 2. The number of unbranched alkanes of at least 4 members (excludes halogenated alkanes) is 2. The first-order valence-electron chi connectivity index (χ1n) is 9.10. The van der Waals surface area contributed by atoms with Crippen molar-refractivity contribution < 1.29 is 14.3 Å². The quantitative estimate of drug-likeness (QED) is 0.565. The lowest BCUT2D eigenvalue weighted by molar-refractivity contribution is -0.120. The molecule has 3 rings (SSSR count). The molecule has 2 heterocycles. The molecule has 0 unspecified atom stereocenters. The number of ether oxygens (including phenoxy) is 2. The van der Waals surface area contributed by atoms with Crippen molar-refractivity contribution in [3.8, 4) is 22.8 Å². The maximum absolute atomic E-state index is 12.2. The molecule has 0 aliphatic rings. The zero-order valence-electron chi connectivity index (χ0n) is 15.9. The summed E-state index contributed by atoms with van der Waals surface area (Å²) >= 11 is 1.53. The van der Waals surface area contributed by atoms with E-state index < -0.39 is 0 Å². The number of nitrogens with zero attached hydrogens (tertiary/aromatic N) is 2. The Kier molecular flexibility index (Phi) is 6.34. The number of carbonyl (C=O) groups excluding carboxylic acids is 1. The van der Waals surface area contributed by atoms with Crippen molar-refractivity contribution in [3.63, 3.8) is 0 Å². The van der Waals surface area contributed by atoms with E-state index in [0.717, 1.165) is 59.2 Å². The van der Waals surface area contributed by atoms with Crippen molar-refractivity contribution in [1.82, 2.24) is 14.7 Å². The van der Waals surface area contributed by atoms with Gasteiger partial charge in [-0.3, -0.25) is 9.20 Å². The van der Waals surface area contributed by atoms with E-state index in [1.807, 2.05) is 34.2 Å². The van der Waals surface area contributed by atoms with Crippen molar-refractivity contribution in [2.75, 3.05) is 20.8 Å². The average molecular weight is 388 g/mol. The summed E-state index contributed by atoms with van der Waals surface area (Å²) in [6, 6.07) is 5.63. The molecule has 0 atom stereocenters. The van der Waals surface area contributed by atoms with E-state index >= 15 is 0 Å². The third kappa shape index (κ3) is 4.42. The fourth-order valence-corrected chi connectivity index (χ4v) is 3.80. The van der Waals surface area contributed by atoms with Crippen LogP contribution in [-0.2, 0) is 11.2 Å². The molecule has 0 bridgehead atoms. The van der Waals surface area contributed by atoms with Crippen molar-refractivity contribution in [2.24, 2.45) is 0 Å². The Morgan fingerprint density at radius 2 is 2.11 bits per heavy atom. The number of thiazole rings is 1. The second kappa shape index (κ2) is 8.90. The van der Waals surface area contributed by atoms with Crippen LogP contribution >= 0.6 is 11.3 Å². The maximum Gasteiger partial charge on any atom is 0.225 e. The molecule has 0 fully saturated rings. The van der Waals surface area contributed by atoms with Gasteiger partial charge in [-0.05, 0) is 24.6 Å². The predicted octanol–water partition coefficient (Wildman–Crippen LogP) is 3.93. The zero-order chi connectivity index (χ0) is 19.2. The number of imidazole rings is 1. The molecule has 0 radical (unpaired) electrons. The third-order valence-corrected chi connectivity index (χ3v) is 5.30. The van der Waals surface area contributed by atoms with Crippen LogP contribution in [0.3, 0.4) is 0 Å². The summed E-state index contributed by atoms with van der Waals surface area (Å²) in [6.07, 6.45) is 5.59. The van der Waals surface area contributed by atoms with E-state index in [1.165, 1.54) is 11.3 Å².